The number of hydrogen-bond acceptors (Lipinski definition) is 5. The molecular weight excluding hydrogens is 320 g/mol. The monoisotopic (exact) mass is 344 g/mol. The third-order valence-electron chi connectivity index (χ3n) is 3.55. The average molecular weight is 344 g/mol. The lowest BCUT2D eigenvalue weighted by molar-refractivity contribution is -0.192. The number of rotatable bonds is 10. The Morgan fingerprint density at radius 2 is 1.38 bits per heavy atom. The van der Waals surface area contributed by atoms with E-state index in [2.05, 4.69) is 6.58 Å². The number of carbonyl (C=O) groups excluding carboxylic acids is 1. The average Bonchev–Trinajstić information content (AvgIpc) is 2.35. The van der Waals surface area contributed by atoms with Crippen molar-refractivity contribution in [2.45, 2.75) is 52.6 Å². The number of carboxylic acids is 3. The van der Waals surface area contributed by atoms with Crippen LogP contribution < -0.4 is 0 Å². The van der Waals surface area contributed by atoms with Crippen LogP contribution in [0, 0.1) is 10.8 Å². The first-order valence-electron chi connectivity index (χ1n) is 7.21. The Morgan fingerprint density at radius 3 is 1.67 bits per heavy atom. The Balaban J connectivity index is 5.65. The van der Waals surface area contributed by atoms with E-state index in [1.807, 2.05) is 13.8 Å². The molecule has 0 aromatic rings. The standard InChI is InChI=1S/C16H24O8/c1-6-14(2,3)9-15(4,5)13(23)24-16(12(21)22,7-10(17)18)8-11(19)20/h6H,1,7-9H2,2-5H3,(H,17,18)(H,19,20)(H,21,22). The Morgan fingerprint density at radius 1 is 0.958 bits per heavy atom. The van der Waals surface area contributed by atoms with Gasteiger partial charge in [-0.25, -0.2) is 4.79 Å². The van der Waals surface area contributed by atoms with Crippen molar-refractivity contribution in [2.24, 2.45) is 10.8 Å². The predicted octanol–water partition coefficient (Wildman–Crippen LogP) is 1.93. The van der Waals surface area contributed by atoms with Gasteiger partial charge in [-0.1, -0.05) is 19.9 Å². The quantitative estimate of drug-likeness (QED) is 0.403. The van der Waals surface area contributed by atoms with E-state index in [0.717, 1.165) is 0 Å². The van der Waals surface area contributed by atoms with Crippen LogP contribution in [0.3, 0.4) is 0 Å². The summed E-state index contributed by atoms with van der Waals surface area (Å²) < 4.78 is 4.94. The van der Waals surface area contributed by atoms with Crippen molar-refractivity contribution in [1.82, 2.24) is 0 Å². The summed E-state index contributed by atoms with van der Waals surface area (Å²) >= 11 is 0. The zero-order valence-electron chi connectivity index (χ0n) is 14.3. The maximum absolute atomic E-state index is 12.4. The van der Waals surface area contributed by atoms with Gasteiger partial charge in [-0.05, 0) is 25.7 Å². The molecule has 0 fully saturated rings. The molecule has 0 aromatic carbocycles. The van der Waals surface area contributed by atoms with Gasteiger partial charge in [-0.3, -0.25) is 14.4 Å². The van der Waals surface area contributed by atoms with Crippen molar-refractivity contribution in [3.05, 3.63) is 12.7 Å². The lowest BCUT2D eigenvalue weighted by Crippen LogP contribution is -2.49. The van der Waals surface area contributed by atoms with Crippen LogP contribution in [-0.2, 0) is 23.9 Å². The molecule has 0 atom stereocenters. The lowest BCUT2D eigenvalue weighted by Gasteiger charge is -2.34. The molecule has 0 amide bonds. The molecule has 0 heterocycles. The second-order valence-corrected chi connectivity index (χ2v) is 7.08. The zero-order chi connectivity index (χ0) is 19.3. The molecule has 0 aliphatic heterocycles. The minimum absolute atomic E-state index is 0.248. The first kappa shape index (κ1) is 21.6. The maximum Gasteiger partial charge on any atom is 0.349 e. The Labute approximate surface area is 140 Å². The van der Waals surface area contributed by atoms with E-state index < -0.39 is 53.1 Å². The van der Waals surface area contributed by atoms with Gasteiger partial charge in [0, 0.05) is 0 Å². The number of allylic oxidation sites excluding steroid dienone is 1. The van der Waals surface area contributed by atoms with Crippen LogP contribution in [0.15, 0.2) is 12.7 Å². The van der Waals surface area contributed by atoms with Crippen LogP contribution in [0.5, 0.6) is 0 Å². The van der Waals surface area contributed by atoms with Gasteiger partial charge in [0.1, 0.15) is 0 Å². The zero-order valence-corrected chi connectivity index (χ0v) is 14.3. The highest BCUT2D eigenvalue weighted by Gasteiger charge is 2.49. The molecular formula is C16H24O8. The van der Waals surface area contributed by atoms with Gasteiger partial charge in [0.25, 0.3) is 0 Å². The van der Waals surface area contributed by atoms with E-state index in [-0.39, 0.29) is 6.42 Å². The summed E-state index contributed by atoms with van der Waals surface area (Å²) in [5.41, 5.74) is -4.30. The van der Waals surface area contributed by atoms with Gasteiger partial charge >= 0.3 is 23.9 Å². The highest BCUT2D eigenvalue weighted by molar-refractivity contribution is 5.91. The third-order valence-corrected chi connectivity index (χ3v) is 3.55. The van der Waals surface area contributed by atoms with E-state index in [0.29, 0.717) is 0 Å². The number of ether oxygens (including phenoxy) is 1. The lowest BCUT2D eigenvalue weighted by atomic mass is 9.75. The summed E-state index contributed by atoms with van der Waals surface area (Å²) in [6, 6.07) is 0. The van der Waals surface area contributed by atoms with Crippen LogP contribution in [0.1, 0.15) is 47.0 Å². The second-order valence-electron chi connectivity index (χ2n) is 7.08. The van der Waals surface area contributed by atoms with Gasteiger partial charge in [-0.2, -0.15) is 0 Å². The van der Waals surface area contributed by atoms with Crippen molar-refractivity contribution < 1.29 is 39.2 Å². The molecule has 3 N–H and O–H groups in total. The van der Waals surface area contributed by atoms with Crippen molar-refractivity contribution in [2.75, 3.05) is 0 Å². The normalized spacial score (nSPS) is 12.3. The van der Waals surface area contributed by atoms with Crippen molar-refractivity contribution in [3.63, 3.8) is 0 Å². The molecule has 0 bridgehead atoms. The van der Waals surface area contributed by atoms with E-state index in [4.69, 9.17) is 14.9 Å². The Bertz CT molecular complexity index is 528. The first-order chi connectivity index (χ1) is 10.7. The summed E-state index contributed by atoms with van der Waals surface area (Å²) in [5.74, 6) is -5.98. The van der Waals surface area contributed by atoms with Crippen molar-refractivity contribution in [3.8, 4) is 0 Å². The van der Waals surface area contributed by atoms with Crippen LogP contribution in [0.2, 0.25) is 0 Å². The van der Waals surface area contributed by atoms with E-state index in [9.17, 15) is 24.3 Å². The van der Waals surface area contributed by atoms with Gasteiger partial charge in [0.05, 0.1) is 18.3 Å². The Hall–Kier alpha value is -2.38. The van der Waals surface area contributed by atoms with Gasteiger partial charge in [-0.15, -0.1) is 6.58 Å². The molecule has 0 aliphatic carbocycles. The molecule has 0 saturated carbocycles. The maximum atomic E-state index is 12.4. The minimum Gasteiger partial charge on any atom is -0.481 e. The summed E-state index contributed by atoms with van der Waals surface area (Å²) in [5, 5.41) is 27.1. The highest BCUT2D eigenvalue weighted by atomic mass is 16.6. The number of carbonyl (C=O) groups is 4. The van der Waals surface area contributed by atoms with E-state index >= 15 is 0 Å². The summed E-state index contributed by atoms with van der Waals surface area (Å²) in [7, 11) is 0. The fraction of sp³-hybridized carbons (Fsp3) is 0.625. The Kier molecular flexibility index (Phi) is 6.72. The molecule has 8 nitrogen and oxygen atoms in total. The van der Waals surface area contributed by atoms with Crippen molar-refractivity contribution in [1.29, 1.82) is 0 Å². The molecule has 0 aliphatic rings. The van der Waals surface area contributed by atoms with Crippen molar-refractivity contribution >= 4 is 23.9 Å². The molecule has 0 radical (unpaired) electrons. The molecule has 0 rings (SSSR count). The third kappa shape index (κ3) is 6.02. The van der Waals surface area contributed by atoms with Crippen LogP contribution in [0.4, 0.5) is 0 Å². The summed E-state index contributed by atoms with van der Waals surface area (Å²) in [4.78, 5) is 45.8. The number of aliphatic carboxylic acids is 3. The largest absolute Gasteiger partial charge is 0.481 e. The van der Waals surface area contributed by atoms with Crippen LogP contribution >= 0.6 is 0 Å². The topological polar surface area (TPSA) is 138 Å². The van der Waals surface area contributed by atoms with Gasteiger partial charge in [0.2, 0.25) is 5.60 Å². The first-order valence-corrected chi connectivity index (χ1v) is 7.21. The smallest absolute Gasteiger partial charge is 0.349 e. The fourth-order valence-corrected chi connectivity index (χ4v) is 2.42. The second kappa shape index (κ2) is 7.46. The molecule has 0 spiro atoms. The van der Waals surface area contributed by atoms with Gasteiger partial charge < -0.3 is 20.1 Å². The molecule has 24 heavy (non-hydrogen) atoms. The molecule has 0 saturated heterocycles. The van der Waals surface area contributed by atoms with Crippen LogP contribution in [-0.4, -0.2) is 44.8 Å². The number of esters is 1. The van der Waals surface area contributed by atoms with E-state index in [1.54, 1.807) is 6.08 Å². The van der Waals surface area contributed by atoms with Gasteiger partial charge in [0.15, 0.2) is 0 Å². The summed E-state index contributed by atoms with van der Waals surface area (Å²) in [6.07, 6.45) is -0.429. The van der Waals surface area contributed by atoms with E-state index in [1.165, 1.54) is 13.8 Å². The predicted molar refractivity (Wildman–Crippen MR) is 83.3 cm³/mol. The molecule has 8 heteroatoms. The molecule has 136 valence electrons. The minimum atomic E-state index is -2.66. The highest BCUT2D eigenvalue weighted by Crippen LogP contribution is 2.37. The number of hydrogen-bond donors (Lipinski definition) is 3. The summed E-state index contributed by atoms with van der Waals surface area (Å²) in [6.45, 7) is 10.3. The fourth-order valence-electron chi connectivity index (χ4n) is 2.42. The molecule has 0 unspecified atom stereocenters. The SMILES string of the molecule is C=CC(C)(C)CC(C)(C)C(=O)OC(CC(=O)O)(CC(=O)O)C(=O)O. The molecule has 0 aromatic heterocycles. The van der Waals surface area contributed by atoms with Crippen LogP contribution in [0.25, 0.3) is 0 Å². The number of carboxylic acid groups (broad SMARTS) is 3.